The monoisotopic (exact) mass is 272 g/mol. The van der Waals surface area contributed by atoms with E-state index < -0.39 is 0 Å². The van der Waals surface area contributed by atoms with E-state index in [9.17, 15) is 4.79 Å². The second-order valence-electron chi connectivity index (χ2n) is 4.62. The maximum absolute atomic E-state index is 12.2. The van der Waals surface area contributed by atoms with Crippen LogP contribution in [0.1, 0.15) is 17.9 Å². The Hall–Kier alpha value is -2.27. The van der Waals surface area contributed by atoms with Gasteiger partial charge in [0.15, 0.2) is 0 Å². The van der Waals surface area contributed by atoms with Gasteiger partial charge in [-0.3, -0.25) is 4.79 Å². The Morgan fingerprint density at radius 2 is 1.95 bits per heavy atom. The zero-order chi connectivity index (χ0) is 13.9. The van der Waals surface area contributed by atoms with E-state index in [4.69, 9.17) is 14.9 Å². The summed E-state index contributed by atoms with van der Waals surface area (Å²) in [6, 6.07) is 11.2. The SMILES string of the molecule is NCc1ccc(CN2C(=O)CCOc3ccccc32)o1. The molecule has 1 aromatic carbocycles. The summed E-state index contributed by atoms with van der Waals surface area (Å²) in [5, 5.41) is 0. The van der Waals surface area contributed by atoms with Crippen molar-refractivity contribution >= 4 is 11.6 Å². The number of hydrogen-bond acceptors (Lipinski definition) is 4. The summed E-state index contributed by atoms with van der Waals surface area (Å²) in [5.41, 5.74) is 6.31. The number of amides is 1. The Morgan fingerprint density at radius 1 is 1.15 bits per heavy atom. The number of nitrogens with two attached hydrogens (primary N) is 1. The highest BCUT2D eigenvalue weighted by Crippen LogP contribution is 2.32. The van der Waals surface area contributed by atoms with E-state index >= 15 is 0 Å². The Kier molecular flexibility index (Phi) is 3.43. The van der Waals surface area contributed by atoms with Crippen molar-refractivity contribution in [2.45, 2.75) is 19.5 Å². The highest BCUT2D eigenvalue weighted by molar-refractivity contribution is 5.95. The van der Waals surface area contributed by atoms with Gasteiger partial charge in [-0.25, -0.2) is 0 Å². The van der Waals surface area contributed by atoms with Gasteiger partial charge >= 0.3 is 0 Å². The Balaban J connectivity index is 1.91. The van der Waals surface area contributed by atoms with E-state index in [0.717, 1.165) is 17.2 Å². The molecule has 2 aromatic rings. The summed E-state index contributed by atoms with van der Waals surface area (Å²) in [6.07, 6.45) is 0.360. The van der Waals surface area contributed by atoms with Crippen molar-refractivity contribution in [3.63, 3.8) is 0 Å². The molecule has 0 atom stereocenters. The fraction of sp³-hybridized carbons (Fsp3) is 0.267. The first kappa shape index (κ1) is 12.7. The summed E-state index contributed by atoms with van der Waals surface area (Å²) in [7, 11) is 0. The summed E-state index contributed by atoms with van der Waals surface area (Å²) in [6.45, 7) is 1.14. The number of rotatable bonds is 3. The van der Waals surface area contributed by atoms with Gasteiger partial charge in [0.2, 0.25) is 5.91 Å². The standard InChI is InChI=1S/C15H16N2O3/c16-9-11-5-6-12(20-11)10-17-13-3-1-2-4-14(13)19-8-7-15(17)18/h1-6H,7-10,16H2. The smallest absolute Gasteiger partial charge is 0.230 e. The number of carbonyl (C=O) groups is 1. The van der Waals surface area contributed by atoms with Gasteiger partial charge in [-0.2, -0.15) is 0 Å². The third-order valence-corrected chi connectivity index (χ3v) is 3.26. The lowest BCUT2D eigenvalue weighted by molar-refractivity contribution is -0.119. The lowest BCUT2D eigenvalue weighted by atomic mass is 10.2. The lowest BCUT2D eigenvalue weighted by Gasteiger charge is -2.20. The molecular formula is C15H16N2O3. The fourth-order valence-electron chi connectivity index (χ4n) is 2.27. The Morgan fingerprint density at radius 3 is 2.75 bits per heavy atom. The van der Waals surface area contributed by atoms with Crippen LogP contribution in [0.5, 0.6) is 5.75 Å². The maximum Gasteiger partial charge on any atom is 0.230 e. The van der Waals surface area contributed by atoms with Crippen molar-refractivity contribution in [3.05, 3.63) is 47.9 Å². The summed E-state index contributed by atoms with van der Waals surface area (Å²) in [5.74, 6) is 2.19. The Labute approximate surface area is 116 Å². The van der Waals surface area contributed by atoms with E-state index in [1.807, 2.05) is 36.4 Å². The molecule has 0 spiro atoms. The topological polar surface area (TPSA) is 68.7 Å². The van der Waals surface area contributed by atoms with Crippen molar-refractivity contribution < 1.29 is 13.9 Å². The van der Waals surface area contributed by atoms with Crippen molar-refractivity contribution in [1.82, 2.24) is 0 Å². The molecule has 5 heteroatoms. The number of benzene rings is 1. The van der Waals surface area contributed by atoms with E-state index in [0.29, 0.717) is 31.9 Å². The molecule has 0 radical (unpaired) electrons. The molecule has 0 saturated heterocycles. The van der Waals surface area contributed by atoms with Gasteiger partial charge in [-0.05, 0) is 24.3 Å². The average Bonchev–Trinajstić information content (AvgIpc) is 2.87. The van der Waals surface area contributed by atoms with Crippen molar-refractivity contribution in [2.24, 2.45) is 5.73 Å². The quantitative estimate of drug-likeness (QED) is 0.928. The first-order valence-electron chi connectivity index (χ1n) is 6.58. The molecule has 1 amide bonds. The summed E-state index contributed by atoms with van der Waals surface area (Å²) >= 11 is 0. The largest absolute Gasteiger partial charge is 0.491 e. The molecule has 0 fully saturated rings. The number of nitrogens with zero attached hydrogens (tertiary/aromatic N) is 1. The highest BCUT2D eigenvalue weighted by atomic mass is 16.5. The van der Waals surface area contributed by atoms with Gasteiger partial charge in [-0.15, -0.1) is 0 Å². The van der Waals surface area contributed by atoms with E-state index in [2.05, 4.69) is 0 Å². The van der Waals surface area contributed by atoms with Crippen LogP contribution in [0.4, 0.5) is 5.69 Å². The summed E-state index contributed by atoms with van der Waals surface area (Å²) in [4.78, 5) is 13.9. The van der Waals surface area contributed by atoms with Crippen LogP contribution in [0.15, 0.2) is 40.8 Å². The van der Waals surface area contributed by atoms with Gasteiger partial charge < -0.3 is 19.8 Å². The van der Waals surface area contributed by atoms with Crippen LogP contribution in [0.2, 0.25) is 0 Å². The average molecular weight is 272 g/mol. The van der Waals surface area contributed by atoms with Gasteiger partial charge in [0.05, 0.1) is 31.8 Å². The van der Waals surface area contributed by atoms with Gasteiger partial charge in [0.25, 0.3) is 0 Å². The molecular weight excluding hydrogens is 256 g/mol. The number of ether oxygens (including phenoxy) is 1. The number of para-hydroxylation sites is 2. The van der Waals surface area contributed by atoms with E-state index in [1.54, 1.807) is 4.90 Å². The number of fused-ring (bicyclic) bond motifs is 1. The predicted octanol–water partition coefficient (Wildman–Crippen LogP) is 2.05. The van der Waals surface area contributed by atoms with Crippen molar-refractivity contribution in [1.29, 1.82) is 0 Å². The predicted molar refractivity (Wildman–Crippen MR) is 74.3 cm³/mol. The van der Waals surface area contributed by atoms with Crippen LogP contribution in [0, 0.1) is 0 Å². The second kappa shape index (κ2) is 5.38. The minimum Gasteiger partial charge on any atom is -0.491 e. The first-order valence-corrected chi connectivity index (χ1v) is 6.58. The minimum atomic E-state index is 0.0284. The molecule has 0 unspecified atom stereocenters. The molecule has 104 valence electrons. The second-order valence-corrected chi connectivity index (χ2v) is 4.62. The van der Waals surface area contributed by atoms with Crippen LogP contribution in [-0.4, -0.2) is 12.5 Å². The van der Waals surface area contributed by atoms with Gasteiger partial charge in [0.1, 0.15) is 17.3 Å². The first-order chi connectivity index (χ1) is 9.78. The molecule has 2 heterocycles. The fourth-order valence-corrected chi connectivity index (χ4v) is 2.27. The zero-order valence-corrected chi connectivity index (χ0v) is 11.0. The number of hydrogen-bond donors (Lipinski definition) is 1. The molecule has 5 nitrogen and oxygen atoms in total. The molecule has 3 rings (SSSR count). The third kappa shape index (κ3) is 2.40. The molecule has 0 saturated carbocycles. The molecule has 1 aliphatic heterocycles. The van der Waals surface area contributed by atoms with Crippen molar-refractivity contribution in [3.8, 4) is 5.75 Å². The van der Waals surface area contributed by atoms with Crippen LogP contribution in [0.25, 0.3) is 0 Å². The van der Waals surface area contributed by atoms with E-state index in [1.165, 1.54) is 0 Å². The Bertz CT molecular complexity index is 621. The van der Waals surface area contributed by atoms with Crippen LogP contribution in [-0.2, 0) is 17.9 Å². The minimum absolute atomic E-state index is 0.0284. The maximum atomic E-state index is 12.2. The molecule has 1 aliphatic rings. The number of carbonyl (C=O) groups excluding carboxylic acids is 1. The molecule has 0 aliphatic carbocycles. The van der Waals surface area contributed by atoms with Crippen LogP contribution >= 0.6 is 0 Å². The van der Waals surface area contributed by atoms with Crippen LogP contribution in [0.3, 0.4) is 0 Å². The molecule has 20 heavy (non-hydrogen) atoms. The van der Waals surface area contributed by atoms with Crippen molar-refractivity contribution in [2.75, 3.05) is 11.5 Å². The normalized spacial score (nSPS) is 14.7. The highest BCUT2D eigenvalue weighted by Gasteiger charge is 2.23. The zero-order valence-electron chi connectivity index (χ0n) is 11.0. The molecule has 2 N–H and O–H groups in total. The molecule has 1 aromatic heterocycles. The summed E-state index contributed by atoms with van der Waals surface area (Å²) < 4.78 is 11.2. The third-order valence-electron chi connectivity index (χ3n) is 3.26. The van der Waals surface area contributed by atoms with E-state index in [-0.39, 0.29) is 5.91 Å². The molecule has 0 bridgehead atoms. The van der Waals surface area contributed by atoms with Gasteiger partial charge in [-0.1, -0.05) is 12.1 Å². The number of anilines is 1. The number of furan rings is 1. The van der Waals surface area contributed by atoms with Gasteiger partial charge in [0, 0.05) is 0 Å². The lowest BCUT2D eigenvalue weighted by Crippen LogP contribution is -2.29. The van der Waals surface area contributed by atoms with Crippen LogP contribution < -0.4 is 15.4 Å².